The summed E-state index contributed by atoms with van der Waals surface area (Å²) in [6.45, 7) is 1.87. The lowest BCUT2D eigenvalue weighted by molar-refractivity contribution is 0.0361. The van der Waals surface area contributed by atoms with Gasteiger partial charge >= 0.3 is 0 Å². The van der Waals surface area contributed by atoms with Gasteiger partial charge in [-0.3, -0.25) is 4.79 Å². The molecular weight excluding hydrogens is 216 g/mol. The van der Waals surface area contributed by atoms with E-state index in [2.05, 4.69) is 0 Å². The predicted molar refractivity (Wildman–Crippen MR) is 62.1 cm³/mol. The number of benzene rings is 1. The van der Waals surface area contributed by atoms with E-state index >= 15 is 0 Å². The number of carbonyl (C=O) groups is 1. The van der Waals surface area contributed by atoms with Crippen molar-refractivity contribution in [1.29, 1.82) is 0 Å². The zero-order chi connectivity index (χ0) is 11.9. The van der Waals surface area contributed by atoms with Crippen molar-refractivity contribution in [3.05, 3.63) is 54.0 Å². The molecule has 0 spiro atoms. The Balaban J connectivity index is 2.07. The zero-order valence-corrected chi connectivity index (χ0v) is 9.47. The van der Waals surface area contributed by atoms with Gasteiger partial charge in [-0.25, -0.2) is 0 Å². The maximum absolute atomic E-state index is 12.1. The van der Waals surface area contributed by atoms with Crippen LogP contribution in [0.1, 0.15) is 29.5 Å². The molecule has 0 fully saturated rings. The van der Waals surface area contributed by atoms with E-state index in [4.69, 9.17) is 9.15 Å². The van der Waals surface area contributed by atoms with E-state index in [9.17, 15) is 4.79 Å². The van der Waals surface area contributed by atoms with Gasteiger partial charge in [0.15, 0.2) is 11.4 Å². The summed E-state index contributed by atoms with van der Waals surface area (Å²) in [5.41, 5.74) is -0.0499. The minimum Gasteiger partial charge on any atom is -0.478 e. The third-order valence-corrected chi connectivity index (χ3v) is 3.06. The molecule has 2 heterocycles. The Morgan fingerprint density at radius 2 is 2.00 bits per heavy atom. The molecule has 86 valence electrons. The van der Waals surface area contributed by atoms with Crippen molar-refractivity contribution < 1.29 is 13.9 Å². The molecule has 1 aliphatic heterocycles. The molecule has 1 aromatic carbocycles. The lowest BCUT2D eigenvalue weighted by Crippen LogP contribution is -2.36. The van der Waals surface area contributed by atoms with Crippen molar-refractivity contribution in [3.8, 4) is 5.75 Å². The van der Waals surface area contributed by atoms with Gasteiger partial charge in [0.2, 0.25) is 0 Å². The third-order valence-electron chi connectivity index (χ3n) is 3.06. The molecule has 0 unspecified atom stereocenters. The van der Waals surface area contributed by atoms with Crippen molar-refractivity contribution >= 4 is 5.78 Å². The van der Waals surface area contributed by atoms with Crippen molar-refractivity contribution in [2.45, 2.75) is 18.9 Å². The van der Waals surface area contributed by atoms with E-state index in [-0.39, 0.29) is 5.78 Å². The summed E-state index contributed by atoms with van der Waals surface area (Å²) in [7, 11) is 0. The molecule has 0 bridgehead atoms. The zero-order valence-electron chi connectivity index (χ0n) is 9.47. The molecule has 3 rings (SSSR count). The average Bonchev–Trinajstić information content (AvgIpc) is 2.83. The number of fused-ring (bicyclic) bond motifs is 1. The number of carbonyl (C=O) groups excluding carboxylic acids is 1. The van der Waals surface area contributed by atoms with Crippen LogP contribution in [0, 0.1) is 0 Å². The fourth-order valence-electron chi connectivity index (χ4n) is 2.18. The lowest BCUT2D eigenvalue weighted by atomic mass is 9.89. The molecule has 0 aliphatic carbocycles. The molecule has 0 amide bonds. The standard InChI is InChI=1S/C14H12O3/c1-14(13-7-4-8-16-13)9-11(15)10-5-2-3-6-12(10)17-14/h2-8H,9H2,1H3/t14-/m1/s1. The SMILES string of the molecule is C[C@]1(c2ccco2)CC(=O)c2ccccc2O1. The lowest BCUT2D eigenvalue weighted by Gasteiger charge is -2.33. The van der Waals surface area contributed by atoms with E-state index in [1.165, 1.54) is 0 Å². The molecule has 0 radical (unpaired) electrons. The average molecular weight is 228 g/mol. The first-order valence-electron chi connectivity index (χ1n) is 5.54. The van der Waals surface area contributed by atoms with Gasteiger partial charge in [0.1, 0.15) is 11.5 Å². The van der Waals surface area contributed by atoms with E-state index < -0.39 is 5.60 Å². The molecule has 3 heteroatoms. The van der Waals surface area contributed by atoms with Crippen LogP contribution in [0.5, 0.6) is 5.75 Å². The largest absolute Gasteiger partial charge is 0.478 e. The van der Waals surface area contributed by atoms with Crippen LogP contribution in [0.4, 0.5) is 0 Å². The summed E-state index contributed by atoms with van der Waals surface area (Å²) in [4.78, 5) is 12.1. The van der Waals surface area contributed by atoms with E-state index in [0.29, 0.717) is 23.5 Å². The first-order valence-corrected chi connectivity index (χ1v) is 5.54. The molecule has 17 heavy (non-hydrogen) atoms. The Kier molecular flexibility index (Phi) is 2.08. The topological polar surface area (TPSA) is 39.4 Å². The molecule has 1 aromatic heterocycles. The van der Waals surface area contributed by atoms with E-state index in [1.54, 1.807) is 18.4 Å². The van der Waals surface area contributed by atoms with Crippen LogP contribution >= 0.6 is 0 Å². The van der Waals surface area contributed by atoms with Crippen molar-refractivity contribution in [2.24, 2.45) is 0 Å². The highest BCUT2D eigenvalue weighted by molar-refractivity contribution is 6.00. The van der Waals surface area contributed by atoms with E-state index in [0.717, 1.165) is 0 Å². The predicted octanol–water partition coefficient (Wildman–Crippen LogP) is 3.16. The number of hydrogen-bond acceptors (Lipinski definition) is 3. The van der Waals surface area contributed by atoms with Gasteiger partial charge in [0.05, 0.1) is 18.2 Å². The summed E-state index contributed by atoms with van der Waals surface area (Å²) >= 11 is 0. The molecule has 1 aliphatic rings. The van der Waals surface area contributed by atoms with Crippen LogP contribution in [0.2, 0.25) is 0 Å². The van der Waals surface area contributed by atoms with Crippen LogP contribution in [-0.2, 0) is 5.60 Å². The first-order chi connectivity index (χ1) is 8.19. The van der Waals surface area contributed by atoms with Crippen molar-refractivity contribution in [2.75, 3.05) is 0 Å². The number of para-hydroxylation sites is 1. The Labute approximate surface area is 99.0 Å². The monoisotopic (exact) mass is 228 g/mol. The highest BCUT2D eigenvalue weighted by atomic mass is 16.5. The minimum atomic E-state index is -0.699. The number of ether oxygens (including phenoxy) is 1. The number of ketones is 1. The van der Waals surface area contributed by atoms with Crippen LogP contribution in [0.3, 0.4) is 0 Å². The maximum atomic E-state index is 12.1. The second-order valence-electron chi connectivity index (χ2n) is 4.41. The maximum Gasteiger partial charge on any atom is 0.171 e. The minimum absolute atomic E-state index is 0.0887. The summed E-state index contributed by atoms with van der Waals surface area (Å²) in [5, 5.41) is 0. The Morgan fingerprint density at radius 1 is 1.18 bits per heavy atom. The highest BCUT2D eigenvalue weighted by Crippen LogP contribution is 2.39. The summed E-state index contributed by atoms with van der Waals surface area (Å²) in [6, 6.07) is 10.9. The number of rotatable bonds is 1. The summed E-state index contributed by atoms with van der Waals surface area (Å²) in [5.74, 6) is 1.40. The number of furan rings is 1. The highest BCUT2D eigenvalue weighted by Gasteiger charge is 2.39. The second kappa shape index (κ2) is 3.48. The molecule has 0 N–H and O–H groups in total. The summed E-state index contributed by atoms with van der Waals surface area (Å²) in [6.07, 6.45) is 1.90. The Bertz CT molecular complexity index is 557. The number of Topliss-reactive ketones (excluding diaryl/α,β-unsaturated/α-hetero) is 1. The quantitative estimate of drug-likeness (QED) is 0.752. The fraction of sp³-hybridized carbons (Fsp3) is 0.214. The first kappa shape index (κ1) is 10.1. The molecule has 0 saturated heterocycles. The smallest absolute Gasteiger partial charge is 0.171 e. The van der Waals surface area contributed by atoms with Gasteiger partial charge in [-0.05, 0) is 31.2 Å². The van der Waals surface area contributed by atoms with Gasteiger partial charge in [0.25, 0.3) is 0 Å². The Morgan fingerprint density at radius 3 is 2.76 bits per heavy atom. The van der Waals surface area contributed by atoms with Gasteiger partial charge in [-0.1, -0.05) is 12.1 Å². The normalized spacial score (nSPS) is 23.0. The van der Waals surface area contributed by atoms with E-state index in [1.807, 2.05) is 31.2 Å². The van der Waals surface area contributed by atoms with Crippen molar-refractivity contribution in [1.82, 2.24) is 0 Å². The molecule has 0 saturated carbocycles. The Hall–Kier alpha value is -2.03. The molecular formula is C14H12O3. The van der Waals surface area contributed by atoms with Gasteiger partial charge < -0.3 is 9.15 Å². The molecule has 1 atom stereocenters. The summed E-state index contributed by atoms with van der Waals surface area (Å²) < 4.78 is 11.3. The molecule has 2 aromatic rings. The van der Waals surface area contributed by atoms with Crippen LogP contribution in [0.15, 0.2) is 47.1 Å². The van der Waals surface area contributed by atoms with Gasteiger partial charge in [-0.15, -0.1) is 0 Å². The fourth-order valence-corrected chi connectivity index (χ4v) is 2.18. The second-order valence-corrected chi connectivity index (χ2v) is 4.41. The van der Waals surface area contributed by atoms with Crippen LogP contribution in [0.25, 0.3) is 0 Å². The molecule has 3 nitrogen and oxygen atoms in total. The van der Waals surface area contributed by atoms with Crippen LogP contribution in [-0.4, -0.2) is 5.78 Å². The number of hydrogen-bond donors (Lipinski definition) is 0. The van der Waals surface area contributed by atoms with Crippen molar-refractivity contribution in [3.63, 3.8) is 0 Å². The third kappa shape index (κ3) is 1.55. The van der Waals surface area contributed by atoms with Gasteiger partial charge in [0, 0.05) is 0 Å². The van der Waals surface area contributed by atoms with Crippen LogP contribution < -0.4 is 4.74 Å². The van der Waals surface area contributed by atoms with Gasteiger partial charge in [-0.2, -0.15) is 0 Å².